The highest BCUT2D eigenvalue weighted by molar-refractivity contribution is 7.89. The molecule has 0 aromatic heterocycles. The maximum absolute atomic E-state index is 12.9. The van der Waals surface area contributed by atoms with Crippen molar-refractivity contribution in [3.8, 4) is 0 Å². The average molecular weight is 327 g/mol. The van der Waals surface area contributed by atoms with Gasteiger partial charge in [-0.15, -0.1) is 0 Å². The highest BCUT2D eigenvalue weighted by Gasteiger charge is 2.39. The van der Waals surface area contributed by atoms with E-state index in [-0.39, 0.29) is 22.5 Å². The summed E-state index contributed by atoms with van der Waals surface area (Å²) in [5.74, 6) is 0.190. The first kappa shape index (κ1) is 16.9. The summed E-state index contributed by atoms with van der Waals surface area (Å²) >= 11 is 0. The minimum Gasteiger partial charge on any atom is -0.330 e. The van der Waals surface area contributed by atoms with Gasteiger partial charge in [0.1, 0.15) is 0 Å². The van der Waals surface area contributed by atoms with E-state index < -0.39 is 14.9 Å². The zero-order chi connectivity index (χ0) is 16.3. The van der Waals surface area contributed by atoms with E-state index in [0.29, 0.717) is 19.5 Å². The van der Waals surface area contributed by atoms with Crippen LogP contribution < -0.4 is 5.73 Å². The Kier molecular flexibility index (Phi) is 5.15. The fourth-order valence-corrected chi connectivity index (χ4v) is 5.01. The number of sulfonamides is 1. The van der Waals surface area contributed by atoms with E-state index >= 15 is 0 Å². The minimum atomic E-state index is -3.91. The van der Waals surface area contributed by atoms with Gasteiger partial charge in [-0.2, -0.15) is 4.31 Å². The van der Waals surface area contributed by atoms with Crippen molar-refractivity contribution in [3.05, 3.63) is 34.4 Å². The molecule has 2 atom stereocenters. The van der Waals surface area contributed by atoms with E-state index in [9.17, 15) is 18.5 Å². The van der Waals surface area contributed by atoms with Crippen molar-refractivity contribution in [1.29, 1.82) is 0 Å². The first-order valence-electron chi connectivity index (χ1n) is 7.35. The lowest BCUT2D eigenvalue weighted by Crippen LogP contribution is -2.48. The van der Waals surface area contributed by atoms with Gasteiger partial charge in [0.05, 0.1) is 4.92 Å². The third-order valence-electron chi connectivity index (χ3n) is 4.18. The lowest BCUT2D eigenvalue weighted by atomic mass is 9.91. The molecule has 22 heavy (non-hydrogen) atoms. The number of hydrogen-bond donors (Lipinski definition) is 1. The van der Waals surface area contributed by atoms with Crippen LogP contribution in [-0.4, -0.2) is 36.8 Å². The monoisotopic (exact) mass is 327 g/mol. The van der Waals surface area contributed by atoms with E-state index in [1.54, 1.807) is 0 Å². The van der Waals surface area contributed by atoms with Crippen LogP contribution in [0.3, 0.4) is 0 Å². The second-order valence-corrected chi connectivity index (χ2v) is 7.46. The minimum absolute atomic E-state index is 0.190. The molecule has 1 aromatic rings. The lowest BCUT2D eigenvalue weighted by Gasteiger charge is -2.38. The van der Waals surface area contributed by atoms with Crippen molar-refractivity contribution in [3.63, 3.8) is 0 Å². The smallest absolute Gasteiger partial charge is 0.289 e. The lowest BCUT2D eigenvalue weighted by molar-refractivity contribution is -0.387. The molecule has 0 bridgehead atoms. The van der Waals surface area contributed by atoms with Crippen molar-refractivity contribution < 1.29 is 13.3 Å². The second-order valence-electron chi connectivity index (χ2n) is 5.60. The number of benzene rings is 1. The third-order valence-corrected chi connectivity index (χ3v) is 6.15. The van der Waals surface area contributed by atoms with Crippen LogP contribution in [0.4, 0.5) is 5.69 Å². The van der Waals surface area contributed by atoms with Gasteiger partial charge in [0.2, 0.25) is 10.0 Å². The Bertz CT molecular complexity index is 647. The number of rotatable bonds is 5. The molecule has 7 nitrogen and oxygen atoms in total. The molecular formula is C14H21N3O4S. The summed E-state index contributed by atoms with van der Waals surface area (Å²) in [5.41, 5.74) is 5.23. The van der Waals surface area contributed by atoms with Crippen LogP contribution in [0.15, 0.2) is 29.2 Å². The number of nitro benzene ring substituents is 1. The molecule has 0 saturated carbocycles. The highest BCUT2D eigenvalue weighted by atomic mass is 32.2. The molecule has 1 saturated heterocycles. The second kappa shape index (κ2) is 6.72. The van der Waals surface area contributed by atoms with Crippen molar-refractivity contribution in [2.75, 3.05) is 13.1 Å². The summed E-state index contributed by atoms with van der Waals surface area (Å²) in [6.07, 6.45) is 2.25. The Morgan fingerprint density at radius 1 is 1.41 bits per heavy atom. The maximum atomic E-state index is 12.9. The van der Waals surface area contributed by atoms with E-state index in [1.807, 2.05) is 6.92 Å². The summed E-state index contributed by atoms with van der Waals surface area (Å²) in [7, 11) is -3.91. The van der Waals surface area contributed by atoms with E-state index in [2.05, 4.69) is 0 Å². The van der Waals surface area contributed by atoms with Gasteiger partial charge in [0.25, 0.3) is 5.69 Å². The summed E-state index contributed by atoms with van der Waals surface area (Å²) in [4.78, 5) is 10.2. The van der Waals surface area contributed by atoms with Gasteiger partial charge >= 0.3 is 0 Å². The zero-order valence-electron chi connectivity index (χ0n) is 12.5. The first-order chi connectivity index (χ1) is 10.4. The van der Waals surface area contributed by atoms with Crippen LogP contribution in [0.1, 0.15) is 26.2 Å². The molecule has 1 aromatic carbocycles. The van der Waals surface area contributed by atoms with Crippen LogP contribution in [0.25, 0.3) is 0 Å². The highest BCUT2D eigenvalue weighted by Crippen LogP contribution is 2.33. The predicted octanol–water partition coefficient (Wildman–Crippen LogP) is 1.73. The van der Waals surface area contributed by atoms with Gasteiger partial charge in [0.15, 0.2) is 4.90 Å². The number of piperidine rings is 1. The molecule has 0 spiro atoms. The van der Waals surface area contributed by atoms with Crippen molar-refractivity contribution in [2.24, 2.45) is 11.7 Å². The Balaban J connectivity index is 2.47. The molecule has 8 heteroatoms. The first-order valence-corrected chi connectivity index (χ1v) is 8.79. The number of nitrogens with two attached hydrogens (primary N) is 1. The standard InChI is InChI=1S/C14H21N3O4S/c1-11-5-4-10-16(12(11)8-9-15)22(20,21)14-7-3-2-6-13(14)17(18)19/h2-3,6-7,11-12H,4-5,8-10,15H2,1H3. The van der Waals surface area contributed by atoms with Crippen molar-refractivity contribution in [2.45, 2.75) is 37.1 Å². The summed E-state index contributed by atoms with van der Waals surface area (Å²) in [6.45, 7) is 2.77. The van der Waals surface area contributed by atoms with Gasteiger partial charge < -0.3 is 5.73 Å². The maximum Gasteiger partial charge on any atom is 0.289 e. The van der Waals surface area contributed by atoms with Gasteiger partial charge in [0, 0.05) is 18.7 Å². The molecule has 0 radical (unpaired) electrons. The van der Waals surface area contributed by atoms with E-state index in [0.717, 1.165) is 12.8 Å². The van der Waals surface area contributed by atoms with Gasteiger partial charge in [-0.05, 0) is 37.8 Å². The largest absolute Gasteiger partial charge is 0.330 e. The fraction of sp³-hybridized carbons (Fsp3) is 0.571. The Labute approximate surface area is 130 Å². The van der Waals surface area contributed by atoms with Crippen LogP contribution in [-0.2, 0) is 10.0 Å². The van der Waals surface area contributed by atoms with E-state index in [4.69, 9.17) is 5.73 Å². The number of para-hydroxylation sites is 1. The molecular weight excluding hydrogens is 306 g/mol. The van der Waals surface area contributed by atoms with Crippen molar-refractivity contribution >= 4 is 15.7 Å². The summed E-state index contributed by atoms with van der Waals surface area (Å²) in [5, 5.41) is 11.1. The van der Waals surface area contributed by atoms with Crippen LogP contribution in [0.5, 0.6) is 0 Å². The Morgan fingerprint density at radius 3 is 2.73 bits per heavy atom. The molecule has 1 heterocycles. The molecule has 0 amide bonds. The molecule has 1 aliphatic heterocycles. The average Bonchev–Trinajstić information content (AvgIpc) is 2.49. The van der Waals surface area contributed by atoms with E-state index in [1.165, 1.54) is 28.6 Å². The molecule has 122 valence electrons. The normalized spacial score (nSPS) is 23.4. The Morgan fingerprint density at radius 2 is 2.09 bits per heavy atom. The van der Waals surface area contributed by atoms with Gasteiger partial charge in [-0.25, -0.2) is 8.42 Å². The Hall–Kier alpha value is -1.51. The zero-order valence-corrected chi connectivity index (χ0v) is 13.3. The summed E-state index contributed by atoms with van der Waals surface area (Å²) in [6, 6.07) is 5.28. The molecule has 0 aliphatic carbocycles. The fourth-order valence-electron chi connectivity index (χ4n) is 3.06. The molecule has 1 aliphatic rings. The van der Waals surface area contributed by atoms with Crippen LogP contribution in [0, 0.1) is 16.0 Å². The number of nitrogens with zero attached hydrogens (tertiary/aromatic N) is 2. The number of hydrogen-bond acceptors (Lipinski definition) is 5. The van der Waals surface area contributed by atoms with Crippen LogP contribution in [0.2, 0.25) is 0 Å². The molecule has 2 rings (SSSR count). The SMILES string of the molecule is CC1CCCN(S(=O)(=O)c2ccccc2[N+](=O)[O-])C1CCN. The molecule has 1 fully saturated rings. The third kappa shape index (κ3) is 3.13. The van der Waals surface area contributed by atoms with Crippen LogP contribution >= 0.6 is 0 Å². The predicted molar refractivity (Wildman–Crippen MR) is 82.8 cm³/mol. The van der Waals surface area contributed by atoms with Gasteiger partial charge in [-0.3, -0.25) is 10.1 Å². The van der Waals surface area contributed by atoms with Crippen molar-refractivity contribution in [1.82, 2.24) is 4.31 Å². The van der Waals surface area contributed by atoms with Gasteiger partial charge in [-0.1, -0.05) is 19.1 Å². The summed E-state index contributed by atoms with van der Waals surface area (Å²) < 4.78 is 27.2. The number of nitro groups is 1. The molecule has 2 unspecified atom stereocenters. The quantitative estimate of drug-likeness (QED) is 0.655. The topological polar surface area (TPSA) is 107 Å². The molecule has 2 N–H and O–H groups in total.